The van der Waals surface area contributed by atoms with E-state index in [1.165, 1.54) is 18.2 Å². The van der Waals surface area contributed by atoms with Gasteiger partial charge in [-0.1, -0.05) is 45.8 Å². The third-order valence-electron chi connectivity index (χ3n) is 1.78. The van der Waals surface area contributed by atoms with Crippen LogP contribution in [-0.4, -0.2) is 23.7 Å². The lowest BCUT2D eigenvalue weighted by molar-refractivity contribution is 0.101. The molecular weight excluding hydrogens is 386 g/mol. The van der Waals surface area contributed by atoms with E-state index in [4.69, 9.17) is 23.2 Å². The zero-order chi connectivity index (χ0) is 12.5. The molecule has 1 aromatic rings. The molecule has 16 heavy (non-hydrogen) atoms. The van der Waals surface area contributed by atoms with E-state index in [-0.39, 0.29) is 10.6 Å². The van der Waals surface area contributed by atoms with Gasteiger partial charge in [-0.15, -0.1) is 0 Å². The summed E-state index contributed by atoms with van der Waals surface area (Å²) >= 11 is 13.1. The molecule has 0 aromatic heterocycles. The van der Waals surface area contributed by atoms with Gasteiger partial charge < -0.3 is 0 Å². The van der Waals surface area contributed by atoms with Crippen molar-refractivity contribution >= 4 is 61.4 Å². The van der Waals surface area contributed by atoms with Crippen LogP contribution >= 0.6 is 45.8 Å². The fraction of sp³-hybridized carbons (Fsp3) is 0.222. The van der Waals surface area contributed by atoms with Crippen LogP contribution in [0.1, 0.15) is 10.4 Å². The maximum Gasteiger partial charge on any atom is 0.192 e. The Morgan fingerprint density at radius 1 is 1.38 bits per heavy atom. The number of ketones is 1. The average Bonchev–Trinajstić information content (AvgIpc) is 2.14. The number of Topliss-reactive ketones (excluding diaryl/α,β-unsaturated/α-hetero) is 1. The topological polar surface area (TPSA) is 51.2 Å². The van der Waals surface area contributed by atoms with Crippen LogP contribution in [0.25, 0.3) is 0 Å². The molecule has 1 aromatic carbocycles. The SMILES string of the molecule is CS(=O)(=O)[C@H](I)C(=O)c1ccc(Cl)cc1Cl. The lowest BCUT2D eigenvalue weighted by Gasteiger charge is -2.08. The molecule has 1 atom stereocenters. The van der Waals surface area contributed by atoms with Crippen LogP contribution in [0.15, 0.2) is 18.2 Å². The van der Waals surface area contributed by atoms with E-state index < -0.39 is 18.9 Å². The summed E-state index contributed by atoms with van der Waals surface area (Å²) in [6.07, 6.45) is 1.01. The van der Waals surface area contributed by atoms with Gasteiger partial charge in [0.1, 0.15) is 0 Å². The normalized spacial score (nSPS) is 13.5. The minimum absolute atomic E-state index is 0.155. The van der Waals surface area contributed by atoms with E-state index in [0.29, 0.717) is 5.02 Å². The number of alkyl halides is 1. The Morgan fingerprint density at radius 3 is 2.38 bits per heavy atom. The summed E-state index contributed by atoms with van der Waals surface area (Å²) < 4.78 is 21.3. The maximum absolute atomic E-state index is 11.8. The standard InChI is InChI=1S/C9H7Cl2IO3S/c1-16(14,15)9(12)8(13)6-3-2-5(10)4-7(6)11/h2-4,9H,1H3/t9-/m0/s1. The summed E-state index contributed by atoms with van der Waals surface area (Å²) in [5.74, 6) is -0.537. The van der Waals surface area contributed by atoms with Crippen LogP contribution in [0, 0.1) is 0 Å². The predicted octanol–water partition coefficient (Wildman–Crippen LogP) is 2.98. The molecule has 0 N–H and O–H groups in total. The van der Waals surface area contributed by atoms with E-state index >= 15 is 0 Å². The van der Waals surface area contributed by atoms with Crippen LogP contribution in [0.2, 0.25) is 10.0 Å². The molecule has 0 aliphatic carbocycles. The molecule has 3 nitrogen and oxygen atoms in total. The first kappa shape index (κ1) is 14.2. The molecular formula is C9H7Cl2IO3S. The van der Waals surface area contributed by atoms with Gasteiger partial charge in [-0.25, -0.2) is 8.42 Å². The molecule has 0 aliphatic rings. The molecule has 7 heteroatoms. The van der Waals surface area contributed by atoms with Crippen LogP contribution in [-0.2, 0) is 9.84 Å². The maximum atomic E-state index is 11.8. The number of hydrogen-bond donors (Lipinski definition) is 0. The van der Waals surface area contributed by atoms with Crippen molar-refractivity contribution in [1.82, 2.24) is 0 Å². The second-order valence-corrected chi connectivity index (χ2v) is 8.20. The molecule has 0 aliphatic heterocycles. The fourth-order valence-corrected chi connectivity index (χ4v) is 2.36. The molecule has 0 unspecified atom stereocenters. The smallest absolute Gasteiger partial charge is 0.192 e. The zero-order valence-corrected chi connectivity index (χ0v) is 12.6. The Bertz CT molecular complexity index is 528. The number of carbonyl (C=O) groups is 1. The van der Waals surface area contributed by atoms with Crippen LogP contribution in [0.5, 0.6) is 0 Å². The molecule has 0 amide bonds. The van der Waals surface area contributed by atoms with Crippen molar-refractivity contribution in [3.8, 4) is 0 Å². The lowest BCUT2D eigenvalue weighted by Crippen LogP contribution is -2.23. The average molecular weight is 393 g/mol. The van der Waals surface area contributed by atoms with Gasteiger partial charge >= 0.3 is 0 Å². The van der Waals surface area contributed by atoms with E-state index in [9.17, 15) is 13.2 Å². The van der Waals surface area contributed by atoms with E-state index in [0.717, 1.165) is 6.26 Å². The van der Waals surface area contributed by atoms with Crippen LogP contribution in [0.4, 0.5) is 0 Å². The van der Waals surface area contributed by atoms with Crippen LogP contribution < -0.4 is 0 Å². The van der Waals surface area contributed by atoms with Gasteiger partial charge in [-0.3, -0.25) is 4.79 Å². The predicted molar refractivity (Wildman–Crippen MR) is 73.4 cm³/mol. The fourth-order valence-electron chi connectivity index (χ4n) is 1.01. The van der Waals surface area contributed by atoms with Crippen molar-refractivity contribution in [2.45, 2.75) is 3.26 Å². The molecule has 0 radical (unpaired) electrons. The third kappa shape index (κ3) is 3.32. The Hall–Kier alpha value is 0.150. The Labute approximate surface area is 117 Å². The van der Waals surface area contributed by atoms with Crippen LogP contribution in [0.3, 0.4) is 0 Å². The largest absolute Gasteiger partial charge is 0.292 e. The molecule has 0 heterocycles. The Balaban J connectivity index is 3.16. The first-order valence-corrected chi connectivity index (χ1v) is 8.01. The molecule has 0 fully saturated rings. The highest BCUT2D eigenvalue weighted by Crippen LogP contribution is 2.25. The Kier molecular flexibility index (Phi) is 4.62. The van der Waals surface area contributed by atoms with E-state index in [2.05, 4.69) is 0 Å². The zero-order valence-electron chi connectivity index (χ0n) is 8.08. The van der Waals surface area contributed by atoms with Gasteiger partial charge in [0.05, 0.1) is 5.02 Å². The van der Waals surface area contributed by atoms with Gasteiger partial charge in [0.25, 0.3) is 0 Å². The highest BCUT2D eigenvalue weighted by molar-refractivity contribution is 14.1. The highest BCUT2D eigenvalue weighted by Gasteiger charge is 2.27. The second-order valence-electron chi connectivity index (χ2n) is 3.13. The first-order valence-electron chi connectivity index (χ1n) is 4.05. The van der Waals surface area contributed by atoms with Crippen molar-refractivity contribution in [3.63, 3.8) is 0 Å². The summed E-state index contributed by atoms with van der Waals surface area (Å²) in [6.45, 7) is 0. The van der Waals surface area contributed by atoms with Crippen molar-refractivity contribution in [2.24, 2.45) is 0 Å². The van der Waals surface area contributed by atoms with Gasteiger partial charge in [0.15, 0.2) is 18.9 Å². The number of sulfone groups is 1. The molecule has 1 rings (SSSR count). The summed E-state index contributed by atoms with van der Waals surface area (Å²) in [4.78, 5) is 11.8. The summed E-state index contributed by atoms with van der Waals surface area (Å²) in [5, 5.41) is 0.550. The van der Waals surface area contributed by atoms with Crippen molar-refractivity contribution in [2.75, 3.05) is 6.26 Å². The molecule has 0 bridgehead atoms. The van der Waals surface area contributed by atoms with Gasteiger partial charge in [-0.2, -0.15) is 0 Å². The van der Waals surface area contributed by atoms with Gasteiger partial charge in [0.2, 0.25) is 0 Å². The minimum Gasteiger partial charge on any atom is -0.292 e. The summed E-state index contributed by atoms with van der Waals surface area (Å²) in [6, 6.07) is 4.32. The van der Waals surface area contributed by atoms with Gasteiger partial charge in [-0.05, 0) is 18.2 Å². The number of benzene rings is 1. The molecule has 0 saturated heterocycles. The molecule has 0 saturated carbocycles. The first-order chi connectivity index (χ1) is 7.23. The van der Waals surface area contributed by atoms with E-state index in [1.54, 1.807) is 22.6 Å². The summed E-state index contributed by atoms with van der Waals surface area (Å²) in [5.41, 5.74) is 0.163. The van der Waals surface area contributed by atoms with Crippen molar-refractivity contribution in [3.05, 3.63) is 33.8 Å². The van der Waals surface area contributed by atoms with Crippen molar-refractivity contribution in [1.29, 1.82) is 0 Å². The monoisotopic (exact) mass is 392 g/mol. The number of carbonyl (C=O) groups excluding carboxylic acids is 1. The molecule has 88 valence electrons. The highest BCUT2D eigenvalue weighted by atomic mass is 127. The summed E-state index contributed by atoms with van der Waals surface area (Å²) in [7, 11) is -3.43. The minimum atomic E-state index is -3.43. The van der Waals surface area contributed by atoms with E-state index in [1.807, 2.05) is 0 Å². The second kappa shape index (κ2) is 5.20. The van der Waals surface area contributed by atoms with Gasteiger partial charge in [0, 0.05) is 16.8 Å². The Morgan fingerprint density at radius 2 is 1.94 bits per heavy atom. The number of hydrogen-bond acceptors (Lipinski definition) is 3. The third-order valence-corrected chi connectivity index (χ3v) is 6.63. The molecule has 0 spiro atoms. The number of halogens is 3. The van der Waals surface area contributed by atoms with Crippen molar-refractivity contribution < 1.29 is 13.2 Å². The number of rotatable bonds is 3. The quantitative estimate of drug-likeness (QED) is 0.451. The lowest BCUT2D eigenvalue weighted by atomic mass is 10.1.